The maximum Gasteiger partial charge on any atom is 0.257 e. The Morgan fingerprint density at radius 3 is 2.42 bits per heavy atom. The first-order valence-corrected chi connectivity index (χ1v) is 9.06. The van der Waals surface area contributed by atoms with Crippen LogP contribution in [-0.4, -0.2) is 37.3 Å². The first-order valence-electron chi connectivity index (χ1n) is 8.65. The summed E-state index contributed by atoms with van der Waals surface area (Å²) >= 11 is 5.35. The van der Waals surface area contributed by atoms with Crippen molar-refractivity contribution in [3.63, 3.8) is 0 Å². The number of hydrogen-bond donors (Lipinski definition) is 2. The second-order valence-electron chi connectivity index (χ2n) is 6.40. The molecule has 1 amide bonds. The van der Waals surface area contributed by atoms with E-state index in [4.69, 9.17) is 17.0 Å². The number of thiocarbonyl (C=S) groups is 1. The van der Waals surface area contributed by atoms with E-state index in [-0.39, 0.29) is 11.0 Å². The van der Waals surface area contributed by atoms with Crippen molar-refractivity contribution in [1.29, 1.82) is 0 Å². The molecule has 5 nitrogen and oxygen atoms in total. The Kier molecular flexibility index (Phi) is 5.85. The molecule has 1 heterocycles. The smallest absolute Gasteiger partial charge is 0.257 e. The van der Waals surface area contributed by atoms with Crippen LogP contribution in [0.15, 0.2) is 42.5 Å². The van der Waals surface area contributed by atoms with Crippen LogP contribution in [-0.2, 0) is 4.74 Å². The summed E-state index contributed by atoms with van der Waals surface area (Å²) in [5.41, 5.74) is 4.63. The Morgan fingerprint density at radius 1 is 1.08 bits per heavy atom. The highest BCUT2D eigenvalue weighted by Gasteiger charge is 2.16. The molecule has 1 aliphatic rings. The van der Waals surface area contributed by atoms with Gasteiger partial charge in [-0.3, -0.25) is 10.1 Å². The number of benzene rings is 2. The summed E-state index contributed by atoms with van der Waals surface area (Å²) in [5, 5.41) is 6.21. The number of morpholine rings is 1. The van der Waals surface area contributed by atoms with Crippen molar-refractivity contribution in [3.05, 3.63) is 59.2 Å². The third kappa shape index (κ3) is 4.59. The number of ether oxygens (including phenoxy) is 1. The van der Waals surface area contributed by atoms with E-state index in [0.717, 1.165) is 35.6 Å². The fourth-order valence-corrected chi connectivity index (χ4v) is 3.30. The fourth-order valence-electron chi connectivity index (χ4n) is 3.09. The van der Waals surface area contributed by atoms with Crippen LogP contribution >= 0.6 is 12.2 Å². The molecule has 0 unspecified atom stereocenters. The van der Waals surface area contributed by atoms with E-state index >= 15 is 0 Å². The number of nitrogens with zero attached hydrogens (tertiary/aromatic N) is 1. The molecule has 1 saturated heterocycles. The number of anilines is 2. The number of carbonyl (C=O) groups is 1. The topological polar surface area (TPSA) is 53.6 Å². The third-order valence-corrected chi connectivity index (χ3v) is 4.42. The first kappa shape index (κ1) is 18.4. The van der Waals surface area contributed by atoms with Gasteiger partial charge in [-0.2, -0.15) is 0 Å². The van der Waals surface area contributed by atoms with Gasteiger partial charge in [-0.05, 0) is 50.3 Å². The van der Waals surface area contributed by atoms with Crippen LogP contribution in [0.3, 0.4) is 0 Å². The van der Waals surface area contributed by atoms with Gasteiger partial charge in [-0.1, -0.05) is 29.3 Å². The molecular weight excluding hydrogens is 346 g/mol. The van der Waals surface area contributed by atoms with Gasteiger partial charge in [-0.15, -0.1) is 0 Å². The molecule has 0 atom stereocenters. The summed E-state index contributed by atoms with van der Waals surface area (Å²) in [4.78, 5) is 14.7. The lowest BCUT2D eigenvalue weighted by atomic mass is 10.1. The molecular formula is C20H23N3O2S. The summed E-state index contributed by atoms with van der Waals surface area (Å²) < 4.78 is 5.42. The molecule has 3 rings (SSSR count). The van der Waals surface area contributed by atoms with Crippen LogP contribution < -0.4 is 15.5 Å². The number of aryl methyl sites for hydroxylation is 2. The van der Waals surface area contributed by atoms with Gasteiger partial charge in [0.2, 0.25) is 0 Å². The quantitative estimate of drug-likeness (QED) is 0.814. The zero-order valence-corrected chi connectivity index (χ0v) is 15.9. The van der Waals surface area contributed by atoms with Crippen molar-refractivity contribution in [3.8, 4) is 0 Å². The monoisotopic (exact) mass is 369 g/mol. The molecule has 0 bridgehead atoms. The maximum atomic E-state index is 12.5. The molecule has 2 N–H and O–H groups in total. The number of nitrogens with one attached hydrogen (secondary N) is 2. The molecule has 2 aromatic rings. The van der Waals surface area contributed by atoms with Gasteiger partial charge in [0, 0.05) is 18.7 Å². The van der Waals surface area contributed by atoms with Crippen LogP contribution in [0.5, 0.6) is 0 Å². The van der Waals surface area contributed by atoms with Crippen molar-refractivity contribution >= 4 is 34.6 Å². The Hall–Kier alpha value is -2.44. The lowest BCUT2D eigenvalue weighted by molar-refractivity contribution is 0.0977. The molecule has 2 aromatic carbocycles. The van der Waals surface area contributed by atoms with Gasteiger partial charge in [0.05, 0.1) is 24.6 Å². The van der Waals surface area contributed by atoms with Crippen LogP contribution in [0.25, 0.3) is 0 Å². The highest BCUT2D eigenvalue weighted by molar-refractivity contribution is 7.80. The van der Waals surface area contributed by atoms with Crippen molar-refractivity contribution < 1.29 is 9.53 Å². The van der Waals surface area contributed by atoms with Crippen molar-refractivity contribution in [2.75, 3.05) is 36.5 Å². The minimum atomic E-state index is -0.210. The largest absolute Gasteiger partial charge is 0.378 e. The van der Waals surface area contributed by atoms with Crippen LogP contribution in [0, 0.1) is 13.8 Å². The zero-order valence-electron chi connectivity index (χ0n) is 15.0. The zero-order chi connectivity index (χ0) is 18.5. The summed E-state index contributed by atoms with van der Waals surface area (Å²) in [5.74, 6) is -0.210. The molecule has 0 spiro atoms. The Balaban J connectivity index is 1.69. The SMILES string of the molecule is Cc1cc(C)cc(C(=O)NC(=S)Nc2ccccc2N2CCOCC2)c1. The Bertz CT molecular complexity index is 796. The van der Waals surface area contributed by atoms with Gasteiger partial charge in [0.15, 0.2) is 5.11 Å². The molecule has 6 heteroatoms. The van der Waals surface area contributed by atoms with Crippen LogP contribution in [0.2, 0.25) is 0 Å². The number of amides is 1. The van der Waals surface area contributed by atoms with E-state index in [0.29, 0.717) is 18.8 Å². The summed E-state index contributed by atoms with van der Waals surface area (Å²) in [6.07, 6.45) is 0. The molecule has 1 fully saturated rings. The lowest BCUT2D eigenvalue weighted by Crippen LogP contribution is -2.38. The molecule has 0 radical (unpaired) electrons. The first-order chi connectivity index (χ1) is 12.5. The molecule has 26 heavy (non-hydrogen) atoms. The van der Waals surface area contributed by atoms with Gasteiger partial charge in [0.25, 0.3) is 5.91 Å². The fraction of sp³-hybridized carbons (Fsp3) is 0.300. The molecule has 136 valence electrons. The third-order valence-electron chi connectivity index (χ3n) is 4.21. The molecule has 1 aliphatic heterocycles. The van der Waals surface area contributed by atoms with Gasteiger partial charge < -0.3 is 15.0 Å². The van der Waals surface area contributed by atoms with E-state index in [1.165, 1.54) is 0 Å². The predicted molar refractivity (Wildman–Crippen MR) is 109 cm³/mol. The van der Waals surface area contributed by atoms with E-state index in [9.17, 15) is 4.79 Å². The molecule has 0 aromatic heterocycles. The number of rotatable bonds is 3. The van der Waals surface area contributed by atoms with E-state index in [1.54, 1.807) is 0 Å². The highest BCUT2D eigenvalue weighted by atomic mass is 32.1. The minimum Gasteiger partial charge on any atom is -0.378 e. The minimum absolute atomic E-state index is 0.210. The summed E-state index contributed by atoms with van der Waals surface area (Å²) in [7, 11) is 0. The normalized spacial score (nSPS) is 14.0. The Morgan fingerprint density at radius 2 is 1.73 bits per heavy atom. The Labute approximate surface area is 159 Å². The number of carbonyl (C=O) groups excluding carboxylic acids is 1. The number of para-hydroxylation sites is 2. The number of hydrogen-bond acceptors (Lipinski definition) is 4. The van der Waals surface area contributed by atoms with E-state index < -0.39 is 0 Å². The second kappa shape index (κ2) is 8.29. The van der Waals surface area contributed by atoms with Crippen LogP contribution in [0.1, 0.15) is 21.5 Å². The summed E-state index contributed by atoms with van der Waals surface area (Å²) in [6, 6.07) is 13.7. The summed E-state index contributed by atoms with van der Waals surface area (Å²) in [6.45, 7) is 7.03. The van der Waals surface area contributed by atoms with E-state index in [1.807, 2.05) is 56.3 Å². The highest BCUT2D eigenvalue weighted by Crippen LogP contribution is 2.26. The standard InChI is InChI=1S/C20H23N3O2S/c1-14-11-15(2)13-16(12-14)19(24)22-20(26)21-17-5-3-4-6-18(17)23-7-9-25-10-8-23/h3-6,11-13H,7-10H2,1-2H3,(H2,21,22,24,26). The average Bonchev–Trinajstić information content (AvgIpc) is 2.62. The molecule has 0 aliphatic carbocycles. The predicted octanol–water partition coefficient (Wildman–Crippen LogP) is 3.27. The van der Waals surface area contributed by atoms with E-state index in [2.05, 4.69) is 15.5 Å². The average molecular weight is 369 g/mol. The van der Waals surface area contributed by atoms with Crippen molar-refractivity contribution in [2.45, 2.75) is 13.8 Å². The maximum absolute atomic E-state index is 12.5. The van der Waals surface area contributed by atoms with Crippen LogP contribution in [0.4, 0.5) is 11.4 Å². The molecule has 0 saturated carbocycles. The van der Waals surface area contributed by atoms with Crippen molar-refractivity contribution in [1.82, 2.24) is 5.32 Å². The van der Waals surface area contributed by atoms with Gasteiger partial charge in [0.1, 0.15) is 0 Å². The second-order valence-corrected chi connectivity index (χ2v) is 6.81. The van der Waals surface area contributed by atoms with Crippen molar-refractivity contribution in [2.24, 2.45) is 0 Å². The van der Waals surface area contributed by atoms with Gasteiger partial charge in [-0.25, -0.2) is 0 Å². The lowest BCUT2D eigenvalue weighted by Gasteiger charge is -2.30. The van der Waals surface area contributed by atoms with Gasteiger partial charge >= 0.3 is 0 Å².